The molecule has 23 heavy (non-hydrogen) atoms. The third kappa shape index (κ3) is 3.24. The van der Waals surface area contributed by atoms with Gasteiger partial charge in [0, 0.05) is 28.2 Å². The number of phenols is 1. The molecule has 0 atom stereocenters. The van der Waals surface area contributed by atoms with Crippen molar-refractivity contribution in [3.05, 3.63) is 69.8 Å². The van der Waals surface area contributed by atoms with Gasteiger partial charge in [-0.05, 0) is 35.7 Å². The fourth-order valence-electron chi connectivity index (χ4n) is 2.43. The van der Waals surface area contributed by atoms with E-state index in [9.17, 15) is 14.3 Å². The lowest BCUT2D eigenvalue weighted by molar-refractivity contribution is 0.466. The minimum atomic E-state index is -0.481. The fraction of sp³-hybridized carbons (Fsp3) is 0.167. The Morgan fingerprint density at radius 2 is 1.96 bits per heavy atom. The molecular formula is C18H15FO3S. The van der Waals surface area contributed by atoms with Crippen molar-refractivity contribution in [3.8, 4) is 5.75 Å². The number of thioether (sulfide) groups is 1. The third-order valence-corrected chi connectivity index (χ3v) is 4.73. The quantitative estimate of drug-likeness (QED) is 0.565. The van der Waals surface area contributed by atoms with Crippen LogP contribution in [0, 0.1) is 5.82 Å². The Kier molecular flexibility index (Phi) is 4.39. The van der Waals surface area contributed by atoms with Gasteiger partial charge in [-0.1, -0.05) is 19.1 Å². The summed E-state index contributed by atoms with van der Waals surface area (Å²) in [7, 11) is 0. The molecule has 118 valence electrons. The monoisotopic (exact) mass is 330 g/mol. The number of benzene rings is 2. The smallest absolute Gasteiger partial charge is 0.336 e. The van der Waals surface area contributed by atoms with Crippen LogP contribution in [0.1, 0.15) is 18.1 Å². The summed E-state index contributed by atoms with van der Waals surface area (Å²) in [4.78, 5) is 12.2. The Morgan fingerprint density at radius 3 is 2.70 bits per heavy atom. The lowest BCUT2D eigenvalue weighted by Crippen LogP contribution is -2.00. The van der Waals surface area contributed by atoms with Crippen LogP contribution in [0.5, 0.6) is 5.75 Å². The van der Waals surface area contributed by atoms with Crippen molar-refractivity contribution in [2.45, 2.75) is 24.0 Å². The summed E-state index contributed by atoms with van der Waals surface area (Å²) < 4.78 is 18.9. The summed E-state index contributed by atoms with van der Waals surface area (Å²) in [6.07, 6.45) is 0.667. The molecule has 0 aliphatic heterocycles. The van der Waals surface area contributed by atoms with E-state index in [0.717, 1.165) is 16.5 Å². The van der Waals surface area contributed by atoms with Crippen LogP contribution in [-0.2, 0) is 12.2 Å². The maximum absolute atomic E-state index is 13.7. The number of halogens is 1. The third-order valence-electron chi connectivity index (χ3n) is 3.63. The Morgan fingerprint density at radius 1 is 1.17 bits per heavy atom. The van der Waals surface area contributed by atoms with Gasteiger partial charge in [-0.25, -0.2) is 9.18 Å². The van der Waals surface area contributed by atoms with E-state index in [1.165, 1.54) is 30.0 Å². The molecule has 3 aromatic rings. The molecule has 0 saturated carbocycles. The van der Waals surface area contributed by atoms with Gasteiger partial charge in [0.15, 0.2) is 0 Å². The first-order valence-electron chi connectivity index (χ1n) is 7.24. The average molecular weight is 330 g/mol. The average Bonchev–Trinajstić information content (AvgIpc) is 2.53. The SMILES string of the molecule is CCc1cc2c(CSc3ccccc3F)cc(=O)oc2cc1O. The minimum Gasteiger partial charge on any atom is -0.508 e. The summed E-state index contributed by atoms with van der Waals surface area (Å²) in [5, 5.41) is 10.7. The molecule has 3 rings (SSSR count). The zero-order valence-corrected chi connectivity index (χ0v) is 13.3. The van der Waals surface area contributed by atoms with E-state index in [1.54, 1.807) is 18.2 Å². The van der Waals surface area contributed by atoms with Crippen LogP contribution >= 0.6 is 11.8 Å². The Hall–Kier alpha value is -2.27. The van der Waals surface area contributed by atoms with Crippen molar-refractivity contribution in [2.24, 2.45) is 0 Å². The minimum absolute atomic E-state index is 0.113. The molecule has 3 nitrogen and oxygen atoms in total. The van der Waals surface area contributed by atoms with Crippen molar-refractivity contribution in [2.75, 3.05) is 0 Å². The highest BCUT2D eigenvalue weighted by Gasteiger charge is 2.11. The van der Waals surface area contributed by atoms with Gasteiger partial charge in [-0.2, -0.15) is 0 Å². The number of rotatable bonds is 4. The second-order valence-corrected chi connectivity index (χ2v) is 6.16. The summed E-state index contributed by atoms with van der Waals surface area (Å²) in [5.41, 5.74) is 1.41. The highest BCUT2D eigenvalue weighted by atomic mass is 32.2. The molecular weight excluding hydrogens is 315 g/mol. The maximum Gasteiger partial charge on any atom is 0.336 e. The predicted octanol–water partition coefficient (Wildman–Crippen LogP) is 4.49. The van der Waals surface area contributed by atoms with Gasteiger partial charge in [-0.15, -0.1) is 11.8 Å². The van der Waals surface area contributed by atoms with Crippen LogP contribution in [0.3, 0.4) is 0 Å². The van der Waals surface area contributed by atoms with Crippen LogP contribution in [0.25, 0.3) is 11.0 Å². The van der Waals surface area contributed by atoms with E-state index in [4.69, 9.17) is 4.42 Å². The fourth-order valence-corrected chi connectivity index (χ4v) is 3.36. The maximum atomic E-state index is 13.7. The van der Waals surface area contributed by atoms with Gasteiger partial charge >= 0.3 is 5.63 Å². The van der Waals surface area contributed by atoms with Crippen molar-refractivity contribution in [3.63, 3.8) is 0 Å². The van der Waals surface area contributed by atoms with Gasteiger partial charge in [0.25, 0.3) is 0 Å². The summed E-state index contributed by atoms with van der Waals surface area (Å²) in [6.45, 7) is 1.94. The van der Waals surface area contributed by atoms with Crippen LogP contribution in [0.4, 0.5) is 4.39 Å². The van der Waals surface area contributed by atoms with E-state index in [1.807, 2.05) is 13.0 Å². The summed E-state index contributed by atoms with van der Waals surface area (Å²) in [5.74, 6) is 0.274. The number of fused-ring (bicyclic) bond motifs is 1. The molecule has 1 aromatic heterocycles. The molecule has 0 aliphatic carbocycles. The molecule has 0 fully saturated rings. The van der Waals surface area contributed by atoms with Gasteiger partial charge in [0.1, 0.15) is 17.1 Å². The molecule has 1 N–H and O–H groups in total. The molecule has 0 aliphatic rings. The first-order chi connectivity index (χ1) is 11.1. The van der Waals surface area contributed by atoms with Crippen LogP contribution < -0.4 is 5.63 Å². The van der Waals surface area contributed by atoms with E-state index in [-0.39, 0.29) is 11.6 Å². The van der Waals surface area contributed by atoms with Gasteiger partial charge in [0.05, 0.1) is 0 Å². The van der Waals surface area contributed by atoms with Crippen molar-refractivity contribution in [1.82, 2.24) is 0 Å². The van der Waals surface area contributed by atoms with E-state index < -0.39 is 5.63 Å². The molecule has 0 saturated heterocycles. The predicted molar refractivity (Wildman–Crippen MR) is 89.5 cm³/mol. The van der Waals surface area contributed by atoms with Crippen LogP contribution in [0.2, 0.25) is 0 Å². The van der Waals surface area contributed by atoms with Gasteiger partial charge in [0.2, 0.25) is 0 Å². The lowest BCUT2D eigenvalue weighted by Gasteiger charge is -2.09. The number of aryl methyl sites for hydroxylation is 1. The number of aromatic hydroxyl groups is 1. The molecule has 0 spiro atoms. The normalized spacial score (nSPS) is 11.0. The highest BCUT2D eigenvalue weighted by Crippen LogP contribution is 2.31. The Bertz CT molecular complexity index is 918. The topological polar surface area (TPSA) is 50.4 Å². The molecule has 2 aromatic carbocycles. The Balaban J connectivity index is 2.02. The van der Waals surface area contributed by atoms with Crippen molar-refractivity contribution >= 4 is 22.7 Å². The molecule has 0 unspecified atom stereocenters. The standard InChI is InChI=1S/C18H15FO3S/c1-2-11-7-13-12(8-18(21)22-16(13)9-15(11)20)10-23-17-6-4-3-5-14(17)19/h3-9,20H,2,10H2,1H3. The van der Waals surface area contributed by atoms with E-state index in [0.29, 0.717) is 22.7 Å². The van der Waals surface area contributed by atoms with E-state index in [2.05, 4.69) is 0 Å². The van der Waals surface area contributed by atoms with Crippen molar-refractivity contribution in [1.29, 1.82) is 0 Å². The molecule has 0 bridgehead atoms. The van der Waals surface area contributed by atoms with Crippen molar-refractivity contribution < 1.29 is 13.9 Å². The number of phenolic OH excluding ortho intramolecular Hbond substituents is 1. The summed E-state index contributed by atoms with van der Waals surface area (Å²) in [6, 6.07) is 11.2. The molecule has 0 radical (unpaired) electrons. The molecule has 1 heterocycles. The first-order valence-corrected chi connectivity index (χ1v) is 8.23. The van der Waals surface area contributed by atoms with Gasteiger partial charge < -0.3 is 9.52 Å². The summed E-state index contributed by atoms with van der Waals surface area (Å²) >= 11 is 1.32. The van der Waals surface area contributed by atoms with Crippen LogP contribution in [-0.4, -0.2) is 5.11 Å². The molecule has 0 amide bonds. The zero-order chi connectivity index (χ0) is 16.4. The Labute approximate surface area is 136 Å². The zero-order valence-electron chi connectivity index (χ0n) is 12.5. The second-order valence-electron chi connectivity index (χ2n) is 5.14. The number of hydrogen-bond acceptors (Lipinski definition) is 4. The van der Waals surface area contributed by atoms with E-state index >= 15 is 0 Å². The second kappa shape index (κ2) is 6.46. The molecule has 5 heteroatoms. The van der Waals surface area contributed by atoms with Gasteiger partial charge in [-0.3, -0.25) is 0 Å². The van der Waals surface area contributed by atoms with Crippen LogP contribution in [0.15, 0.2) is 56.6 Å². The number of hydrogen-bond donors (Lipinski definition) is 1. The first kappa shape index (κ1) is 15.6. The highest BCUT2D eigenvalue weighted by molar-refractivity contribution is 7.98. The lowest BCUT2D eigenvalue weighted by atomic mass is 10.1. The largest absolute Gasteiger partial charge is 0.508 e.